The first-order chi connectivity index (χ1) is 17.0. The summed E-state index contributed by atoms with van der Waals surface area (Å²) in [5.41, 5.74) is 2.90. The van der Waals surface area contributed by atoms with E-state index in [0.717, 1.165) is 16.3 Å². The molecule has 8 nitrogen and oxygen atoms in total. The number of thioether (sulfide) groups is 1. The Morgan fingerprint density at radius 2 is 1.94 bits per heavy atom. The lowest BCUT2D eigenvalue weighted by Crippen LogP contribution is -2.34. The van der Waals surface area contributed by atoms with Crippen LogP contribution >= 0.6 is 11.8 Å². The van der Waals surface area contributed by atoms with E-state index < -0.39 is 12.0 Å². The van der Waals surface area contributed by atoms with E-state index in [1.165, 1.54) is 18.9 Å². The molecule has 2 aliphatic rings. The summed E-state index contributed by atoms with van der Waals surface area (Å²) in [5, 5.41) is 5.55. The molecule has 0 radical (unpaired) electrons. The van der Waals surface area contributed by atoms with Crippen molar-refractivity contribution in [2.75, 3.05) is 20.3 Å². The number of fused-ring (bicyclic) bond motifs is 1. The van der Waals surface area contributed by atoms with Gasteiger partial charge in [-0.2, -0.15) is 0 Å². The van der Waals surface area contributed by atoms with Gasteiger partial charge < -0.3 is 24.4 Å². The number of ether oxygens (including phenoxy) is 3. The predicted octanol–water partition coefficient (Wildman–Crippen LogP) is 4.16. The smallest absolute Gasteiger partial charge is 0.338 e. The molecule has 182 valence electrons. The zero-order valence-corrected chi connectivity index (χ0v) is 20.6. The second-order valence-electron chi connectivity index (χ2n) is 7.79. The predicted molar refractivity (Wildman–Crippen MR) is 135 cm³/mol. The number of aliphatic imine (C=N–C) groups is 1. The van der Waals surface area contributed by atoms with Crippen LogP contribution in [0.5, 0.6) is 11.5 Å². The number of nitrogens with zero attached hydrogens (tertiary/aromatic N) is 2. The van der Waals surface area contributed by atoms with Crippen LogP contribution < -0.4 is 14.8 Å². The summed E-state index contributed by atoms with van der Waals surface area (Å²) >= 11 is 1.49. The molecule has 1 amide bonds. The van der Waals surface area contributed by atoms with Crippen molar-refractivity contribution in [1.82, 2.24) is 10.2 Å². The molecular formula is C26H27N3O5S. The van der Waals surface area contributed by atoms with Crippen LogP contribution in [0.3, 0.4) is 0 Å². The minimum Gasteiger partial charge on any atom is -0.493 e. The highest BCUT2D eigenvalue weighted by Crippen LogP contribution is 2.43. The summed E-state index contributed by atoms with van der Waals surface area (Å²) in [6.45, 7) is 4.13. The molecule has 0 unspecified atom stereocenters. The number of hydrogen-bond acceptors (Lipinski definition) is 8. The fourth-order valence-electron chi connectivity index (χ4n) is 3.86. The molecule has 1 N–H and O–H groups in total. The summed E-state index contributed by atoms with van der Waals surface area (Å²) in [6, 6.07) is 14.7. The van der Waals surface area contributed by atoms with Gasteiger partial charge in [-0.1, -0.05) is 48.2 Å². The third kappa shape index (κ3) is 5.51. The van der Waals surface area contributed by atoms with E-state index in [-0.39, 0.29) is 19.1 Å². The molecule has 0 bridgehead atoms. The van der Waals surface area contributed by atoms with Crippen LogP contribution in [-0.2, 0) is 20.9 Å². The number of allylic oxidation sites excluding steroid dienone is 1. The summed E-state index contributed by atoms with van der Waals surface area (Å²) in [4.78, 5) is 31.6. The number of esters is 1. The van der Waals surface area contributed by atoms with Crippen LogP contribution in [0.15, 0.2) is 76.4 Å². The molecule has 2 heterocycles. The zero-order chi connectivity index (χ0) is 24.8. The van der Waals surface area contributed by atoms with Gasteiger partial charge in [-0.3, -0.25) is 4.79 Å². The Morgan fingerprint density at radius 3 is 2.69 bits per heavy atom. The van der Waals surface area contributed by atoms with Crippen molar-refractivity contribution >= 4 is 28.8 Å². The Hall–Kier alpha value is -3.72. The first-order valence-electron chi connectivity index (χ1n) is 11.2. The van der Waals surface area contributed by atoms with E-state index in [4.69, 9.17) is 14.2 Å². The SMILES string of the molecule is CCOC(=O)C1=C(C)N=C2SC=CN2[C@@H]1c1ccc(OCC(=O)NCc2ccccc2)c(OC)c1. The minimum absolute atomic E-state index is 0.151. The number of carbonyl (C=O) groups is 2. The Bertz CT molecular complexity index is 1190. The largest absolute Gasteiger partial charge is 0.493 e. The van der Waals surface area contributed by atoms with Crippen molar-refractivity contribution in [3.8, 4) is 11.5 Å². The van der Waals surface area contributed by atoms with Crippen molar-refractivity contribution in [3.05, 3.63) is 82.5 Å². The van der Waals surface area contributed by atoms with Gasteiger partial charge in [0.15, 0.2) is 23.3 Å². The highest BCUT2D eigenvalue weighted by Gasteiger charge is 2.37. The normalized spacial score (nSPS) is 16.5. The Kier molecular flexibility index (Phi) is 7.77. The monoisotopic (exact) mass is 493 g/mol. The van der Waals surface area contributed by atoms with Crippen LogP contribution in [0.4, 0.5) is 0 Å². The number of carbonyl (C=O) groups excluding carboxylic acids is 2. The number of amides is 1. The molecule has 2 aromatic rings. The number of methoxy groups -OCH3 is 1. The van der Waals surface area contributed by atoms with E-state index in [0.29, 0.717) is 29.3 Å². The van der Waals surface area contributed by atoms with Crippen LogP contribution in [-0.4, -0.2) is 42.3 Å². The molecule has 0 saturated heterocycles. The van der Waals surface area contributed by atoms with E-state index >= 15 is 0 Å². The maximum Gasteiger partial charge on any atom is 0.338 e. The third-order valence-corrected chi connectivity index (χ3v) is 6.28. The van der Waals surface area contributed by atoms with E-state index in [9.17, 15) is 9.59 Å². The number of hydrogen-bond donors (Lipinski definition) is 1. The molecule has 35 heavy (non-hydrogen) atoms. The fraction of sp³-hybridized carbons (Fsp3) is 0.269. The molecule has 2 aromatic carbocycles. The molecule has 1 atom stereocenters. The lowest BCUT2D eigenvalue weighted by atomic mass is 9.94. The van der Waals surface area contributed by atoms with E-state index in [1.54, 1.807) is 13.0 Å². The van der Waals surface area contributed by atoms with Gasteiger partial charge in [0, 0.05) is 12.7 Å². The van der Waals surface area contributed by atoms with Crippen molar-refractivity contribution in [2.45, 2.75) is 26.4 Å². The number of nitrogens with one attached hydrogen (secondary N) is 1. The van der Waals surface area contributed by atoms with Crippen molar-refractivity contribution in [2.24, 2.45) is 4.99 Å². The maximum absolute atomic E-state index is 12.8. The second-order valence-corrected chi connectivity index (χ2v) is 8.66. The van der Waals surface area contributed by atoms with Crippen LogP contribution in [0.2, 0.25) is 0 Å². The van der Waals surface area contributed by atoms with Gasteiger partial charge in [-0.25, -0.2) is 9.79 Å². The fourth-order valence-corrected chi connectivity index (χ4v) is 4.65. The van der Waals surface area contributed by atoms with Gasteiger partial charge in [-0.05, 0) is 42.5 Å². The first kappa shape index (κ1) is 24.4. The highest BCUT2D eigenvalue weighted by atomic mass is 32.2. The Labute approximate surface area is 208 Å². The lowest BCUT2D eigenvalue weighted by Gasteiger charge is -2.33. The number of rotatable bonds is 9. The van der Waals surface area contributed by atoms with E-state index in [2.05, 4.69) is 10.3 Å². The molecular weight excluding hydrogens is 466 g/mol. The zero-order valence-electron chi connectivity index (χ0n) is 19.8. The van der Waals surface area contributed by atoms with Gasteiger partial charge in [-0.15, -0.1) is 0 Å². The first-order valence-corrected chi connectivity index (χ1v) is 12.1. The number of benzene rings is 2. The Morgan fingerprint density at radius 1 is 1.14 bits per heavy atom. The second kappa shape index (κ2) is 11.1. The number of amidine groups is 1. The van der Waals surface area contributed by atoms with Crippen LogP contribution in [0.1, 0.15) is 31.0 Å². The third-order valence-electron chi connectivity index (χ3n) is 5.51. The summed E-state index contributed by atoms with van der Waals surface area (Å²) in [6.07, 6.45) is 1.90. The molecule has 2 aliphatic heterocycles. The minimum atomic E-state index is -0.426. The molecule has 0 fully saturated rings. The molecule has 0 spiro atoms. The van der Waals surface area contributed by atoms with Crippen LogP contribution in [0, 0.1) is 0 Å². The van der Waals surface area contributed by atoms with Crippen molar-refractivity contribution in [3.63, 3.8) is 0 Å². The highest BCUT2D eigenvalue weighted by molar-refractivity contribution is 8.16. The standard InChI is InChI=1S/C26H27N3O5S/c1-4-33-25(31)23-17(2)28-26-29(12-13-35-26)24(23)19-10-11-20(21(14-19)32-3)34-16-22(30)27-15-18-8-6-5-7-9-18/h5-14,24H,4,15-16H2,1-3H3,(H,27,30)/t24-/m1/s1. The van der Waals surface area contributed by atoms with Gasteiger partial charge in [0.1, 0.15) is 0 Å². The summed E-state index contributed by atoms with van der Waals surface area (Å²) < 4.78 is 16.6. The van der Waals surface area contributed by atoms with Gasteiger partial charge >= 0.3 is 5.97 Å². The maximum atomic E-state index is 12.8. The van der Waals surface area contributed by atoms with Crippen LogP contribution in [0.25, 0.3) is 0 Å². The van der Waals surface area contributed by atoms with Crippen molar-refractivity contribution < 1.29 is 23.8 Å². The van der Waals surface area contributed by atoms with Crippen molar-refractivity contribution in [1.29, 1.82) is 0 Å². The quantitative estimate of drug-likeness (QED) is 0.525. The summed E-state index contributed by atoms with van der Waals surface area (Å²) in [5.74, 6) is 0.243. The Balaban J connectivity index is 1.51. The average Bonchev–Trinajstić information content (AvgIpc) is 3.34. The summed E-state index contributed by atoms with van der Waals surface area (Å²) in [7, 11) is 1.54. The van der Waals surface area contributed by atoms with Gasteiger partial charge in [0.05, 0.1) is 31.0 Å². The molecule has 9 heteroatoms. The lowest BCUT2D eigenvalue weighted by molar-refractivity contribution is -0.139. The molecule has 0 aromatic heterocycles. The average molecular weight is 494 g/mol. The molecule has 4 rings (SSSR count). The molecule has 0 saturated carbocycles. The van der Waals surface area contributed by atoms with Gasteiger partial charge in [0.2, 0.25) is 0 Å². The van der Waals surface area contributed by atoms with Gasteiger partial charge in [0.25, 0.3) is 5.91 Å². The topological polar surface area (TPSA) is 89.5 Å². The van der Waals surface area contributed by atoms with E-state index in [1.807, 2.05) is 65.9 Å². The molecule has 0 aliphatic carbocycles.